The number of benzene rings is 2. The fourth-order valence-electron chi connectivity index (χ4n) is 2.03. The molecular formula is C16H15Cl2FN2O. The van der Waals surface area contributed by atoms with Gasteiger partial charge in [0.05, 0.1) is 16.6 Å². The van der Waals surface area contributed by atoms with Crippen LogP contribution in [0.1, 0.15) is 5.56 Å². The standard InChI is InChI=1S/C16H15Cl2FN2O/c1-21(9-11-4-2-7-14(17)16(11)18)10-15(22)20-13-6-3-5-12(19)8-13/h2-8H,9-10H2,1H3,(H,20,22). The molecule has 0 aliphatic rings. The quantitative estimate of drug-likeness (QED) is 0.884. The lowest BCUT2D eigenvalue weighted by molar-refractivity contribution is -0.117. The fourth-order valence-corrected chi connectivity index (χ4v) is 2.41. The van der Waals surface area contributed by atoms with Gasteiger partial charge in [-0.25, -0.2) is 4.39 Å². The van der Waals surface area contributed by atoms with E-state index < -0.39 is 5.82 Å². The molecule has 2 aromatic rings. The van der Waals surface area contributed by atoms with Gasteiger partial charge in [-0.1, -0.05) is 41.4 Å². The Morgan fingerprint density at radius 2 is 1.95 bits per heavy atom. The molecule has 1 N–H and O–H groups in total. The molecule has 0 unspecified atom stereocenters. The zero-order chi connectivity index (χ0) is 16.1. The molecule has 22 heavy (non-hydrogen) atoms. The molecule has 1 amide bonds. The number of anilines is 1. The summed E-state index contributed by atoms with van der Waals surface area (Å²) >= 11 is 12.1. The van der Waals surface area contributed by atoms with Crippen LogP contribution in [-0.2, 0) is 11.3 Å². The molecule has 2 rings (SSSR count). The maximum atomic E-state index is 13.1. The van der Waals surface area contributed by atoms with Gasteiger partial charge in [0, 0.05) is 12.2 Å². The third-order valence-electron chi connectivity index (χ3n) is 2.99. The molecule has 0 saturated carbocycles. The molecule has 0 radical (unpaired) electrons. The molecule has 116 valence electrons. The lowest BCUT2D eigenvalue weighted by Gasteiger charge is -2.17. The first-order valence-electron chi connectivity index (χ1n) is 6.62. The Balaban J connectivity index is 1.92. The SMILES string of the molecule is CN(CC(=O)Nc1cccc(F)c1)Cc1cccc(Cl)c1Cl. The molecule has 0 heterocycles. The first-order valence-corrected chi connectivity index (χ1v) is 7.38. The Morgan fingerprint density at radius 3 is 2.68 bits per heavy atom. The Hall–Kier alpha value is -1.62. The molecule has 0 aromatic heterocycles. The smallest absolute Gasteiger partial charge is 0.238 e. The van der Waals surface area contributed by atoms with E-state index >= 15 is 0 Å². The minimum Gasteiger partial charge on any atom is -0.325 e. The molecule has 0 spiro atoms. The lowest BCUT2D eigenvalue weighted by atomic mass is 10.2. The zero-order valence-corrected chi connectivity index (χ0v) is 13.5. The summed E-state index contributed by atoms with van der Waals surface area (Å²) in [4.78, 5) is 13.7. The van der Waals surface area contributed by atoms with E-state index in [9.17, 15) is 9.18 Å². The van der Waals surface area contributed by atoms with Crippen molar-refractivity contribution in [3.63, 3.8) is 0 Å². The van der Waals surface area contributed by atoms with E-state index in [0.29, 0.717) is 22.3 Å². The van der Waals surface area contributed by atoms with Crippen LogP contribution in [0.4, 0.5) is 10.1 Å². The predicted octanol–water partition coefficient (Wildman–Crippen LogP) is 4.20. The number of amides is 1. The second kappa shape index (κ2) is 7.58. The van der Waals surface area contributed by atoms with Crippen LogP contribution in [0.25, 0.3) is 0 Å². The lowest BCUT2D eigenvalue weighted by Crippen LogP contribution is -2.29. The van der Waals surface area contributed by atoms with Gasteiger partial charge in [-0.3, -0.25) is 9.69 Å². The molecule has 0 bridgehead atoms. The van der Waals surface area contributed by atoms with E-state index in [1.54, 1.807) is 30.1 Å². The Bertz CT molecular complexity index is 679. The van der Waals surface area contributed by atoms with Crippen molar-refractivity contribution in [2.45, 2.75) is 6.54 Å². The maximum Gasteiger partial charge on any atom is 0.238 e. The van der Waals surface area contributed by atoms with Crippen molar-refractivity contribution < 1.29 is 9.18 Å². The number of carbonyl (C=O) groups excluding carboxylic acids is 1. The summed E-state index contributed by atoms with van der Waals surface area (Å²) in [6.07, 6.45) is 0. The van der Waals surface area contributed by atoms with Crippen molar-refractivity contribution >= 4 is 34.8 Å². The summed E-state index contributed by atoms with van der Waals surface area (Å²) in [5.41, 5.74) is 1.27. The average molecular weight is 341 g/mol. The number of carbonyl (C=O) groups is 1. The Labute approximate surface area is 138 Å². The number of likely N-dealkylation sites (N-methyl/N-ethyl adjacent to an activating group) is 1. The van der Waals surface area contributed by atoms with E-state index in [1.165, 1.54) is 12.1 Å². The van der Waals surface area contributed by atoms with Gasteiger partial charge < -0.3 is 5.32 Å². The van der Waals surface area contributed by atoms with Crippen LogP contribution in [0, 0.1) is 5.82 Å². The number of halogens is 3. The van der Waals surface area contributed by atoms with E-state index in [-0.39, 0.29) is 12.5 Å². The molecule has 0 fully saturated rings. The van der Waals surface area contributed by atoms with Gasteiger partial charge in [-0.15, -0.1) is 0 Å². The first-order chi connectivity index (χ1) is 10.5. The number of nitrogens with one attached hydrogen (secondary N) is 1. The summed E-state index contributed by atoms with van der Waals surface area (Å²) in [6, 6.07) is 11.1. The van der Waals surface area contributed by atoms with Gasteiger partial charge in [0.15, 0.2) is 0 Å². The first kappa shape index (κ1) is 16.7. The van der Waals surface area contributed by atoms with Crippen molar-refractivity contribution in [1.82, 2.24) is 4.90 Å². The van der Waals surface area contributed by atoms with Crippen LogP contribution in [0.15, 0.2) is 42.5 Å². The molecule has 0 aliphatic heterocycles. The highest BCUT2D eigenvalue weighted by Crippen LogP contribution is 2.26. The molecular weight excluding hydrogens is 326 g/mol. The normalized spacial score (nSPS) is 10.8. The van der Waals surface area contributed by atoms with Crippen LogP contribution in [-0.4, -0.2) is 24.4 Å². The number of hydrogen-bond acceptors (Lipinski definition) is 2. The molecule has 0 saturated heterocycles. The topological polar surface area (TPSA) is 32.3 Å². The summed E-state index contributed by atoms with van der Waals surface area (Å²) < 4.78 is 13.1. The third kappa shape index (κ3) is 4.70. The number of rotatable bonds is 5. The Morgan fingerprint density at radius 1 is 1.23 bits per heavy atom. The number of nitrogens with zero attached hydrogens (tertiary/aromatic N) is 1. The van der Waals surface area contributed by atoms with Crippen molar-refractivity contribution in [3.8, 4) is 0 Å². The molecule has 6 heteroatoms. The minimum absolute atomic E-state index is 0.152. The molecule has 3 nitrogen and oxygen atoms in total. The minimum atomic E-state index is -0.392. The van der Waals surface area contributed by atoms with E-state index in [1.807, 2.05) is 12.1 Å². The van der Waals surface area contributed by atoms with Crippen molar-refractivity contribution in [1.29, 1.82) is 0 Å². The zero-order valence-electron chi connectivity index (χ0n) is 11.9. The van der Waals surface area contributed by atoms with Crippen LogP contribution < -0.4 is 5.32 Å². The number of hydrogen-bond donors (Lipinski definition) is 1. The van der Waals surface area contributed by atoms with Gasteiger partial charge in [0.2, 0.25) is 5.91 Å². The summed E-state index contributed by atoms with van der Waals surface area (Å²) in [6.45, 7) is 0.634. The molecule has 0 atom stereocenters. The van der Waals surface area contributed by atoms with Crippen molar-refractivity contribution in [3.05, 3.63) is 63.9 Å². The summed E-state index contributed by atoms with van der Waals surface area (Å²) in [5, 5.41) is 3.62. The van der Waals surface area contributed by atoms with Gasteiger partial charge in [-0.05, 0) is 36.9 Å². The van der Waals surface area contributed by atoms with E-state index in [0.717, 1.165) is 5.56 Å². The summed E-state index contributed by atoms with van der Waals surface area (Å²) in [5.74, 6) is -0.622. The fraction of sp³-hybridized carbons (Fsp3) is 0.188. The highest BCUT2D eigenvalue weighted by atomic mass is 35.5. The third-order valence-corrected chi connectivity index (χ3v) is 3.85. The van der Waals surface area contributed by atoms with Crippen LogP contribution in [0.2, 0.25) is 10.0 Å². The van der Waals surface area contributed by atoms with Crippen LogP contribution >= 0.6 is 23.2 Å². The second-order valence-electron chi connectivity index (χ2n) is 4.94. The Kier molecular flexibility index (Phi) is 5.77. The van der Waals surface area contributed by atoms with E-state index in [2.05, 4.69) is 5.32 Å². The van der Waals surface area contributed by atoms with Gasteiger partial charge in [0.1, 0.15) is 5.82 Å². The van der Waals surface area contributed by atoms with Crippen molar-refractivity contribution in [2.75, 3.05) is 18.9 Å². The molecule has 0 aliphatic carbocycles. The highest BCUT2D eigenvalue weighted by Gasteiger charge is 2.11. The largest absolute Gasteiger partial charge is 0.325 e. The average Bonchev–Trinajstić information content (AvgIpc) is 2.43. The second-order valence-corrected chi connectivity index (χ2v) is 5.73. The van der Waals surface area contributed by atoms with Gasteiger partial charge in [-0.2, -0.15) is 0 Å². The van der Waals surface area contributed by atoms with Gasteiger partial charge >= 0.3 is 0 Å². The monoisotopic (exact) mass is 340 g/mol. The highest BCUT2D eigenvalue weighted by molar-refractivity contribution is 6.42. The molecule has 2 aromatic carbocycles. The van der Waals surface area contributed by atoms with Crippen LogP contribution in [0.5, 0.6) is 0 Å². The van der Waals surface area contributed by atoms with Gasteiger partial charge in [0.25, 0.3) is 0 Å². The van der Waals surface area contributed by atoms with E-state index in [4.69, 9.17) is 23.2 Å². The predicted molar refractivity (Wildman–Crippen MR) is 87.8 cm³/mol. The summed E-state index contributed by atoms with van der Waals surface area (Å²) in [7, 11) is 1.79. The van der Waals surface area contributed by atoms with Crippen molar-refractivity contribution in [2.24, 2.45) is 0 Å². The maximum absolute atomic E-state index is 13.1. The van der Waals surface area contributed by atoms with Crippen LogP contribution in [0.3, 0.4) is 0 Å².